The predicted octanol–water partition coefficient (Wildman–Crippen LogP) is 4.56. The zero-order chi connectivity index (χ0) is 24.4. The van der Waals surface area contributed by atoms with E-state index in [0.717, 1.165) is 80.1 Å². The number of carbonyl (C=O) groups is 1. The number of ether oxygens (including phenoxy) is 1. The minimum absolute atomic E-state index is 0.0740. The topological polar surface area (TPSA) is 94.9 Å². The Hall–Kier alpha value is -3.50. The summed E-state index contributed by atoms with van der Waals surface area (Å²) in [5, 5.41) is 17.8. The van der Waals surface area contributed by atoms with Crippen LogP contribution in [0, 0.1) is 31.1 Å². The Kier molecular flexibility index (Phi) is 6.65. The fourth-order valence-corrected chi connectivity index (χ4v) is 5.28. The average Bonchev–Trinajstić information content (AvgIpc) is 3.57. The van der Waals surface area contributed by atoms with Gasteiger partial charge in [-0.05, 0) is 79.8 Å². The number of rotatable bonds is 5. The maximum Gasteiger partial charge on any atom is 0.254 e. The number of nitriles is 1. The second-order valence-electron chi connectivity index (χ2n) is 9.84. The van der Waals surface area contributed by atoms with Crippen LogP contribution in [0.15, 0.2) is 36.4 Å². The number of aryl methyl sites for hydroxylation is 2. The van der Waals surface area contributed by atoms with Gasteiger partial charge in [0.1, 0.15) is 5.82 Å². The molecule has 1 atom stereocenters. The van der Waals surface area contributed by atoms with Crippen molar-refractivity contribution in [3.8, 4) is 17.5 Å². The summed E-state index contributed by atoms with van der Waals surface area (Å²) < 4.78 is 5.48. The molecule has 0 aliphatic carbocycles. The summed E-state index contributed by atoms with van der Waals surface area (Å²) in [6.45, 7) is 7.09. The van der Waals surface area contributed by atoms with Crippen molar-refractivity contribution in [2.24, 2.45) is 5.92 Å². The van der Waals surface area contributed by atoms with E-state index in [1.807, 2.05) is 49.1 Å². The van der Waals surface area contributed by atoms with Crippen molar-refractivity contribution in [2.45, 2.75) is 45.4 Å². The van der Waals surface area contributed by atoms with Crippen LogP contribution in [0.2, 0.25) is 0 Å². The number of aromatic amines is 1. The van der Waals surface area contributed by atoms with Crippen LogP contribution in [-0.4, -0.2) is 52.3 Å². The molecule has 180 valence electrons. The first-order chi connectivity index (χ1) is 17.0. The maximum atomic E-state index is 13.5. The van der Waals surface area contributed by atoms with E-state index in [4.69, 9.17) is 10.00 Å². The number of likely N-dealkylation sites (tertiary alicyclic amines) is 1. The monoisotopic (exact) mass is 469 g/mol. The third-order valence-electron chi connectivity index (χ3n) is 7.39. The SMILES string of the molecule is Cc1cc(C)c(-c2nnc(CC3CCOC3)[nH]2)cc1C(=O)N1CCC(c2ccc(C#N)cc2)CC1. The molecule has 0 bridgehead atoms. The number of nitrogens with zero attached hydrogens (tertiary/aromatic N) is 4. The van der Waals surface area contributed by atoms with Gasteiger partial charge in [-0.2, -0.15) is 5.26 Å². The fraction of sp³-hybridized carbons (Fsp3) is 0.429. The molecular formula is C28H31N5O2. The van der Waals surface area contributed by atoms with Gasteiger partial charge in [0.25, 0.3) is 5.91 Å². The number of amides is 1. The Morgan fingerprint density at radius 3 is 2.57 bits per heavy atom. The molecule has 35 heavy (non-hydrogen) atoms. The Balaban J connectivity index is 1.29. The minimum Gasteiger partial charge on any atom is -0.381 e. The minimum atomic E-state index is 0.0740. The third-order valence-corrected chi connectivity index (χ3v) is 7.39. The quantitative estimate of drug-likeness (QED) is 0.591. The first-order valence-electron chi connectivity index (χ1n) is 12.4. The lowest BCUT2D eigenvalue weighted by Crippen LogP contribution is -2.38. The highest BCUT2D eigenvalue weighted by atomic mass is 16.5. The smallest absolute Gasteiger partial charge is 0.254 e. The van der Waals surface area contributed by atoms with Crippen LogP contribution in [0.4, 0.5) is 0 Å². The van der Waals surface area contributed by atoms with Crippen LogP contribution in [-0.2, 0) is 11.2 Å². The lowest BCUT2D eigenvalue weighted by molar-refractivity contribution is 0.0712. The van der Waals surface area contributed by atoms with Crippen LogP contribution in [0.5, 0.6) is 0 Å². The number of aromatic nitrogens is 3. The van der Waals surface area contributed by atoms with E-state index < -0.39 is 0 Å². The molecule has 1 unspecified atom stereocenters. The molecule has 5 rings (SSSR count). The Labute approximate surface area is 206 Å². The Morgan fingerprint density at radius 2 is 1.89 bits per heavy atom. The molecule has 3 heterocycles. The average molecular weight is 470 g/mol. The van der Waals surface area contributed by atoms with E-state index >= 15 is 0 Å². The lowest BCUT2D eigenvalue weighted by Gasteiger charge is -2.32. The maximum absolute atomic E-state index is 13.5. The fourth-order valence-electron chi connectivity index (χ4n) is 5.28. The van der Waals surface area contributed by atoms with Crippen molar-refractivity contribution in [1.82, 2.24) is 20.1 Å². The number of H-pyrrole nitrogens is 1. The third kappa shape index (κ3) is 4.98. The van der Waals surface area contributed by atoms with Crippen molar-refractivity contribution in [3.63, 3.8) is 0 Å². The van der Waals surface area contributed by atoms with Gasteiger partial charge in [-0.1, -0.05) is 18.2 Å². The van der Waals surface area contributed by atoms with E-state index in [1.54, 1.807) is 0 Å². The van der Waals surface area contributed by atoms with Gasteiger partial charge in [0.2, 0.25) is 0 Å². The number of carbonyl (C=O) groups excluding carboxylic acids is 1. The van der Waals surface area contributed by atoms with Gasteiger partial charge >= 0.3 is 0 Å². The largest absolute Gasteiger partial charge is 0.381 e. The normalized spacial score (nSPS) is 18.5. The molecule has 2 aliphatic heterocycles. The summed E-state index contributed by atoms with van der Waals surface area (Å²) in [5.74, 6) is 2.56. The van der Waals surface area contributed by atoms with Gasteiger partial charge in [-0.25, -0.2) is 0 Å². The summed E-state index contributed by atoms with van der Waals surface area (Å²) in [5.41, 5.74) is 5.63. The van der Waals surface area contributed by atoms with Gasteiger partial charge in [0.05, 0.1) is 11.6 Å². The summed E-state index contributed by atoms with van der Waals surface area (Å²) in [4.78, 5) is 18.8. The number of benzene rings is 2. The van der Waals surface area contributed by atoms with Crippen molar-refractivity contribution >= 4 is 5.91 Å². The van der Waals surface area contributed by atoms with Crippen molar-refractivity contribution in [2.75, 3.05) is 26.3 Å². The van der Waals surface area contributed by atoms with Gasteiger partial charge in [0, 0.05) is 43.9 Å². The second-order valence-corrected chi connectivity index (χ2v) is 9.84. The predicted molar refractivity (Wildman–Crippen MR) is 133 cm³/mol. The molecular weight excluding hydrogens is 438 g/mol. The van der Waals surface area contributed by atoms with Crippen molar-refractivity contribution < 1.29 is 9.53 Å². The molecule has 1 N–H and O–H groups in total. The van der Waals surface area contributed by atoms with E-state index in [9.17, 15) is 4.79 Å². The van der Waals surface area contributed by atoms with Crippen LogP contribution in [0.1, 0.15) is 63.6 Å². The van der Waals surface area contributed by atoms with Gasteiger partial charge < -0.3 is 14.6 Å². The molecule has 0 saturated carbocycles. The van der Waals surface area contributed by atoms with Crippen molar-refractivity contribution in [3.05, 3.63) is 70.0 Å². The van der Waals surface area contributed by atoms with E-state index in [2.05, 4.69) is 27.3 Å². The Bertz CT molecular complexity index is 1240. The summed E-state index contributed by atoms with van der Waals surface area (Å²) in [7, 11) is 0. The lowest BCUT2D eigenvalue weighted by atomic mass is 9.88. The number of hydrogen-bond acceptors (Lipinski definition) is 5. The molecule has 2 saturated heterocycles. The molecule has 3 aromatic rings. The van der Waals surface area contributed by atoms with E-state index in [-0.39, 0.29) is 5.91 Å². The summed E-state index contributed by atoms with van der Waals surface area (Å²) >= 11 is 0. The molecule has 2 aliphatic rings. The zero-order valence-electron chi connectivity index (χ0n) is 20.4. The van der Waals surface area contributed by atoms with Gasteiger partial charge in [-0.3, -0.25) is 4.79 Å². The van der Waals surface area contributed by atoms with Gasteiger partial charge in [-0.15, -0.1) is 10.2 Å². The zero-order valence-corrected chi connectivity index (χ0v) is 20.4. The van der Waals surface area contributed by atoms with E-state index in [1.165, 1.54) is 5.56 Å². The van der Waals surface area contributed by atoms with Crippen molar-refractivity contribution in [1.29, 1.82) is 5.26 Å². The molecule has 7 nitrogen and oxygen atoms in total. The molecule has 7 heteroatoms. The highest BCUT2D eigenvalue weighted by molar-refractivity contribution is 5.97. The first kappa shape index (κ1) is 23.3. The van der Waals surface area contributed by atoms with Crippen LogP contribution in [0.3, 0.4) is 0 Å². The van der Waals surface area contributed by atoms with Crippen LogP contribution in [0.25, 0.3) is 11.4 Å². The Morgan fingerprint density at radius 1 is 1.11 bits per heavy atom. The number of piperidine rings is 1. The highest BCUT2D eigenvalue weighted by Crippen LogP contribution is 2.31. The second kappa shape index (κ2) is 10.0. The van der Waals surface area contributed by atoms with Crippen LogP contribution < -0.4 is 0 Å². The molecule has 0 radical (unpaired) electrons. The van der Waals surface area contributed by atoms with E-state index in [0.29, 0.717) is 23.2 Å². The standard InChI is InChI=1S/C28H31N5O2/c1-18-13-19(2)25(15-24(18)27-30-26(31-32-27)14-21-9-12-35-17-21)28(34)33-10-7-23(8-11-33)22-5-3-20(16-29)4-6-22/h3-6,13,15,21,23H,7-12,14,17H2,1-2H3,(H,30,31,32). The summed E-state index contributed by atoms with van der Waals surface area (Å²) in [6, 6.07) is 14.1. The first-order valence-corrected chi connectivity index (χ1v) is 12.4. The molecule has 0 spiro atoms. The van der Waals surface area contributed by atoms with Gasteiger partial charge in [0.15, 0.2) is 5.82 Å². The number of nitrogens with one attached hydrogen (secondary N) is 1. The summed E-state index contributed by atoms with van der Waals surface area (Å²) in [6.07, 6.45) is 3.73. The molecule has 2 fully saturated rings. The highest BCUT2D eigenvalue weighted by Gasteiger charge is 2.26. The molecule has 1 amide bonds. The van der Waals surface area contributed by atoms with Crippen LogP contribution >= 0.6 is 0 Å². The number of hydrogen-bond donors (Lipinski definition) is 1. The molecule has 2 aromatic carbocycles. The molecule has 1 aromatic heterocycles.